The Hall–Kier alpha value is -0.810. The zero-order valence-corrected chi connectivity index (χ0v) is 12.3. The molecule has 2 atom stereocenters. The average molecular weight is 270 g/mol. The van der Waals surface area contributed by atoms with E-state index >= 15 is 0 Å². The lowest BCUT2D eigenvalue weighted by Gasteiger charge is -2.39. The van der Waals surface area contributed by atoms with Gasteiger partial charge in [-0.1, -0.05) is 0 Å². The van der Waals surface area contributed by atoms with Gasteiger partial charge in [-0.2, -0.15) is 0 Å². The Labute approximate surface area is 115 Å². The summed E-state index contributed by atoms with van der Waals surface area (Å²) >= 11 is 0. The maximum absolute atomic E-state index is 12.2. The SMILES string of the molecule is CC(C)(C)OC(=O)N1CC[C@@H]2[C@H]1CCCN2CCO. The molecule has 0 radical (unpaired) electrons. The highest BCUT2D eigenvalue weighted by Crippen LogP contribution is 2.31. The molecular weight excluding hydrogens is 244 g/mol. The highest BCUT2D eigenvalue weighted by atomic mass is 16.6. The quantitative estimate of drug-likeness (QED) is 0.825. The highest BCUT2D eigenvalue weighted by Gasteiger charge is 2.43. The van der Waals surface area contributed by atoms with Gasteiger partial charge in [-0.05, 0) is 46.6 Å². The van der Waals surface area contributed by atoms with Crippen LogP contribution in [-0.4, -0.2) is 64.9 Å². The highest BCUT2D eigenvalue weighted by molar-refractivity contribution is 5.69. The summed E-state index contributed by atoms with van der Waals surface area (Å²) in [5.74, 6) is 0. The molecule has 2 heterocycles. The first kappa shape index (κ1) is 14.6. The van der Waals surface area contributed by atoms with Crippen LogP contribution < -0.4 is 0 Å². The van der Waals surface area contributed by atoms with Gasteiger partial charge in [0.2, 0.25) is 0 Å². The van der Waals surface area contributed by atoms with Crippen LogP contribution in [0.4, 0.5) is 4.79 Å². The minimum absolute atomic E-state index is 0.189. The molecule has 0 aromatic heterocycles. The third-order valence-corrected chi connectivity index (χ3v) is 3.94. The molecule has 2 aliphatic heterocycles. The molecule has 5 heteroatoms. The summed E-state index contributed by atoms with van der Waals surface area (Å²) in [6.07, 6.45) is 2.93. The van der Waals surface area contributed by atoms with Crippen LogP contribution in [0.25, 0.3) is 0 Å². The van der Waals surface area contributed by atoms with Gasteiger partial charge in [0.05, 0.1) is 12.6 Å². The summed E-state index contributed by atoms with van der Waals surface area (Å²) in [7, 11) is 0. The second-order valence-electron chi connectivity index (χ2n) is 6.50. The first-order valence-electron chi connectivity index (χ1n) is 7.27. The molecule has 110 valence electrons. The number of β-amino-alcohol motifs (C(OH)–C–C–N with tert-alkyl or cyclic N) is 1. The first-order valence-corrected chi connectivity index (χ1v) is 7.27. The van der Waals surface area contributed by atoms with Gasteiger partial charge in [-0.15, -0.1) is 0 Å². The Kier molecular flexibility index (Phi) is 4.36. The van der Waals surface area contributed by atoms with Gasteiger partial charge >= 0.3 is 6.09 Å². The van der Waals surface area contributed by atoms with Crippen LogP contribution in [0.1, 0.15) is 40.0 Å². The Morgan fingerprint density at radius 2 is 2.00 bits per heavy atom. The van der Waals surface area contributed by atoms with E-state index in [1.807, 2.05) is 25.7 Å². The second kappa shape index (κ2) is 5.67. The predicted molar refractivity (Wildman–Crippen MR) is 73.0 cm³/mol. The number of carbonyl (C=O) groups excluding carboxylic acids is 1. The number of ether oxygens (including phenoxy) is 1. The Bertz CT molecular complexity index is 325. The van der Waals surface area contributed by atoms with Crippen molar-refractivity contribution in [3.63, 3.8) is 0 Å². The van der Waals surface area contributed by atoms with E-state index in [0.717, 1.165) is 32.4 Å². The number of rotatable bonds is 2. The molecule has 2 aliphatic rings. The van der Waals surface area contributed by atoms with Gasteiger partial charge in [0.1, 0.15) is 5.60 Å². The van der Waals surface area contributed by atoms with Gasteiger partial charge in [0.25, 0.3) is 0 Å². The summed E-state index contributed by atoms with van der Waals surface area (Å²) in [5, 5.41) is 9.12. The molecule has 5 nitrogen and oxygen atoms in total. The van der Waals surface area contributed by atoms with Crippen LogP contribution in [0.15, 0.2) is 0 Å². The number of likely N-dealkylation sites (tertiary alicyclic amines) is 2. The van der Waals surface area contributed by atoms with E-state index in [-0.39, 0.29) is 18.7 Å². The fraction of sp³-hybridized carbons (Fsp3) is 0.929. The van der Waals surface area contributed by atoms with Gasteiger partial charge in [-0.25, -0.2) is 4.79 Å². The van der Waals surface area contributed by atoms with E-state index in [0.29, 0.717) is 12.6 Å². The van der Waals surface area contributed by atoms with Crippen LogP contribution in [0.3, 0.4) is 0 Å². The minimum atomic E-state index is -0.436. The largest absolute Gasteiger partial charge is 0.444 e. The smallest absolute Gasteiger partial charge is 0.410 e. The van der Waals surface area contributed by atoms with Crippen molar-refractivity contribution in [2.24, 2.45) is 0 Å². The van der Waals surface area contributed by atoms with E-state index in [1.165, 1.54) is 0 Å². The molecule has 19 heavy (non-hydrogen) atoms. The fourth-order valence-corrected chi connectivity index (χ4v) is 3.23. The number of hydrogen-bond acceptors (Lipinski definition) is 4. The van der Waals surface area contributed by atoms with Gasteiger partial charge in [-0.3, -0.25) is 4.90 Å². The van der Waals surface area contributed by atoms with Gasteiger partial charge < -0.3 is 14.7 Å². The molecule has 0 aliphatic carbocycles. The lowest BCUT2D eigenvalue weighted by Crippen LogP contribution is -2.52. The summed E-state index contributed by atoms with van der Waals surface area (Å²) in [6.45, 7) is 8.40. The molecule has 1 amide bonds. The van der Waals surface area contributed by atoms with E-state index in [9.17, 15) is 4.79 Å². The van der Waals surface area contributed by atoms with Crippen molar-refractivity contribution in [3.8, 4) is 0 Å². The van der Waals surface area contributed by atoms with Crippen LogP contribution in [0.5, 0.6) is 0 Å². The van der Waals surface area contributed by atoms with Crippen molar-refractivity contribution in [2.75, 3.05) is 26.2 Å². The molecule has 0 aromatic carbocycles. The minimum Gasteiger partial charge on any atom is -0.444 e. The monoisotopic (exact) mass is 270 g/mol. The van der Waals surface area contributed by atoms with Crippen molar-refractivity contribution >= 4 is 6.09 Å². The van der Waals surface area contributed by atoms with Gasteiger partial charge in [0, 0.05) is 19.1 Å². The zero-order valence-electron chi connectivity index (χ0n) is 12.3. The second-order valence-corrected chi connectivity index (χ2v) is 6.50. The van der Waals surface area contributed by atoms with Gasteiger partial charge in [0.15, 0.2) is 0 Å². The zero-order chi connectivity index (χ0) is 14.0. The molecule has 0 aromatic rings. The number of fused-ring (bicyclic) bond motifs is 1. The number of nitrogens with zero attached hydrogens (tertiary/aromatic N) is 2. The maximum atomic E-state index is 12.2. The number of carbonyl (C=O) groups is 1. The van der Waals surface area contributed by atoms with Crippen LogP contribution in [0.2, 0.25) is 0 Å². The normalized spacial score (nSPS) is 28.3. The molecular formula is C14H26N2O3. The lowest BCUT2D eigenvalue weighted by molar-refractivity contribution is 0.0116. The summed E-state index contributed by atoms with van der Waals surface area (Å²) in [5.41, 5.74) is -0.436. The lowest BCUT2D eigenvalue weighted by atomic mass is 9.97. The molecule has 2 rings (SSSR count). The van der Waals surface area contributed by atoms with Crippen molar-refractivity contribution in [3.05, 3.63) is 0 Å². The molecule has 0 spiro atoms. The topological polar surface area (TPSA) is 53.0 Å². The van der Waals surface area contributed by atoms with E-state index in [2.05, 4.69) is 4.90 Å². The number of piperidine rings is 1. The van der Waals surface area contributed by atoms with E-state index in [1.54, 1.807) is 0 Å². The van der Waals surface area contributed by atoms with Crippen LogP contribution >= 0.6 is 0 Å². The Morgan fingerprint density at radius 3 is 2.63 bits per heavy atom. The first-order chi connectivity index (χ1) is 8.92. The molecule has 2 saturated heterocycles. The van der Waals surface area contributed by atoms with E-state index < -0.39 is 5.60 Å². The molecule has 0 unspecified atom stereocenters. The third-order valence-electron chi connectivity index (χ3n) is 3.94. The number of amides is 1. The average Bonchev–Trinajstić information content (AvgIpc) is 2.72. The summed E-state index contributed by atoms with van der Waals surface area (Å²) in [4.78, 5) is 16.4. The number of aliphatic hydroxyl groups excluding tert-OH is 1. The number of hydrogen-bond donors (Lipinski definition) is 1. The molecule has 1 N–H and O–H groups in total. The van der Waals surface area contributed by atoms with Crippen molar-refractivity contribution in [2.45, 2.75) is 57.7 Å². The number of aliphatic hydroxyl groups is 1. The van der Waals surface area contributed by atoms with E-state index in [4.69, 9.17) is 9.84 Å². The third kappa shape index (κ3) is 3.39. The maximum Gasteiger partial charge on any atom is 0.410 e. The standard InChI is InChI=1S/C14H26N2O3/c1-14(2,3)19-13(18)16-8-6-11-12(16)5-4-7-15(11)9-10-17/h11-12,17H,4-10H2,1-3H3/t11-,12-/m1/s1. The fourth-order valence-electron chi connectivity index (χ4n) is 3.23. The summed E-state index contributed by atoms with van der Waals surface area (Å²) in [6, 6.07) is 0.656. The van der Waals surface area contributed by atoms with Crippen molar-refractivity contribution < 1.29 is 14.6 Å². The summed E-state index contributed by atoms with van der Waals surface area (Å²) < 4.78 is 5.48. The Balaban J connectivity index is 2.00. The predicted octanol–water partition coefficient (Wildman–Crippen LogP) is 1.45. The van der Waals surface area contributed by atoms with Crippen molar-refractivity contribution in [1.82, 2.24) is 9.80 Å². The van der Waals surface area contributed by atoms with Crippen LogP contribution in [0, 0.1) is 0 Å². The molecule has 2 fully saturated rings. The molecule has 0 bridgehead atoms. The Morgan fingerprint density at radius 1 is 1.26 bits per heavy atom. The molecule has 0 saturated carbocycles. The van der Waals surface area contributed by atoms with Crippen molar-refractivity contribution in [1.29, 1.82) is 0 Å². The van der Waals surface area contributed by atoms with Crippen LogP contribution in [-0.2, 0) is 4.74 Å².